The van der Waals surface area contributed by atoms with Crippen molar-refractivity contribution in [1.29, 1.82) is 0 Å². The minimum atomic E-state index is -0.734. The summed E-state index contributed by atoms with van der Waals surface area (Å²) in [7, 11) is 0. The van der Waals surface area contributed by atoms with Crippen LogP contribution < -0.4 is 5.32 Å². The van der Waals surface area contributed by atoms with Gasteiger partial charge in [-0.1, -0.05) is 30.3 Å². The first kappa shape index (κ1) is 12.5. The first-order chi connectivity index (χ1) is 9.24. The van der Waals surface area contributed by atoms with E-state index < -0.39 is 6.17 Å². The molecule has 1 N–H and O–H groups in total. The molecule has 2 amide bonds. The van der Waals surface area contributed by atoms with Gasteiger partial charge in [-0.15, -0.1) is 0 Å². The summed E-state index contributed by atoms with van der Waals surface area (Å²) < 4.78 is 13.0. The molecule has 19 heavy (non-hydrogen) atoms. The first-order valence-corrected chi connectivity index (χ1v) is 6.98. The van der Waals surface area contributed by atoms with E-state index in [0.29, 0.717) is 31.8 Å². The zero-order chi connectivity index (χ0) is 13.2. The molecule has 0 radical (unpaired) electrons. The summed E-state index contributed by atoms with van der Waals surface area (Å²) in [5, 5.41) is 3.05. The van der Waals surface area contributed by atoms with Crippen LogP contribution in [-0.4, -0.2) is 36.2 Å². The third-order valence-corrected chi connectivity index (χ3v) is 4.04. The van der Waals surface area contributed by atoms with Gasteiger partial charge in [0.1, 0.15) is 6.17 Å². The summed E-state index contributed by atoms with van der Waals surface area (Å²) in [5.41, 5.74) is 1.29. The van der Waals surface area contributed by atoms with Gasteiger partial charge in [-0.25, -0.2) is 9.18 Å². The van der Waals surface area contributed by atoms with Crippen molar-refractivity contribution in [3.05, 3.63) is 35.9 Å². The standard InChI is InChI=1S/C15H19FN2O/c16-12-6-8-18(9-7-12)15(19)17-14-10-13(14)11-4-2-1-3-5-11/h1-5,12-14H,6-10H2,(H,17,19)/t13-,14+/m0/s1. The maximum absolute atomic E-state index is 13.0. The molecule has 1 saturated heterocycles. The summed E-state index contributed by atoms with van der Waals surface area (Å²) in [6.07, 6.45) is 1.22. The van der Waals surface area contributed by atoms with Crippen LogP contribution >= 0.6 is 0 Å². The van der Waals surface area contributed by atoms with Crippen LogP contribution in [0.1, 0.15) is 30.7 Å². The normalized spacial score (nSPS) is 27.1. The fraction of sp³-hybridized carbons (Fsp3) is 0.533. The van der Waals surface area contributed by atoms with Crippen LogP contribution in [0.15, 0.2) is 30.3 Å². The van der Waals surface area contributed by atoms with Crippen LogP contribution in [0.25, 0.3) is 0 Å². The van der Waals surface area contributed by atoms with Crippen LogP contribution in [-0.2, 0) is 0 Å². The van der Waals surface area contributed by atoms with Crippen molar-refractivity contribution in [3.8, 4) is 0 Å². The Morgan fingerprint density at radius 1 is 1.21 bits per heavy atom. The maximum atomic E-state index is 13.0. The number of alkyl halides is 1. The van der Waals surface area contributed by atoms with Gasteiger partial charge in [0.05, 0.1) is 0 Å². The van der Waals surface area contributed by atoms with Gasteiger partial charge in [0, 0.05) is 25.0 Å². The number of hydrogen-bond acceptors (Lipinski definition) is 1. The molecule has 0 aromatic heterocycles. The van der Waals surface area contributed by atoms with E-state index in [1.165, 1.54) is 5.56 Å². The second kappa shape index (κ2) is 5.19. The lowest BCUT2D eigenvalue weighted by atomic mass is 10.1. The monoisotopic (exact) mass is 262 g/mol. The van der Waals surface area contributed by atoms with Gasteiger partial charge in [0.15, 0.2) is 0 Å². The van der Waals surface area contributed by atoms with Crippen molar-refractivity contribution in [1.82, 2.24) is 10.2 Å². The molecule has 0 unspecified atom stereocenters. The predicted molar refractivity (Wildman–Crippen MR) is 71.8 cm³/mol. The Hall–Kier alpha value is -1.58. The summed E-state index contributed by atoms with van der Waals surface area (Å²) in [6, 6.07) is 10.5. The van der Waals surface area contributed by atoms with Crippen molar-refractivity contribution in [2.24, 2.45) is 0 Å². The fourth-order valence-corrected chi connectivity index (χ4v) is 2.72. The van der Waals surface area contributed by atoms with Crippen LogP contribution in [0.2, 0.25) is 0 Å². The van der Waals surface area contributed by atoms with Gasteiger partial charge in [-0.3, -0.25) is 0 Å². The number of rotatable bonds is 2. The molecule has 3 rings (SSSR count). The summed E-state index contributed by atoms with van der Waals surface area (Å²) in [6.45, 7) is 1.07. The summed E-state index contributed by atoms with van der Waals surface area (Å²) >= 11 is 0. The lowest BCUT2D eigenvalue weighted by Gasteiger charge is -2.28. The van der Waals surface area contributed by atoms with Crippen LogP contribution in [0.3, 0.4) is 0 Å². The highest BCUT2D eigenvalue weighted by Gasteiger charge is 2.40. The van der Waals surface area contributed by atoms with E-state index in [1.807, 2.05) is 18.2 Å². The number of likely N-dealkylation sites (tertiary alicyclic amines) is 1. The Labute approximate surface area is 112 Å². The van der Waals surface area contributed by atoms with E-state index in [4.69, 9.17) is 0 Å². The average Bonchev–Trinajstić information content (AvgIpc) is 3.20. The number of piperidine rings is 1. The Morgan fingerprint density at radius 2 is 1.89 bits per heavy atom. The molecule has 2 atom stereocenters. The molecule has 1 saturated carbocycles. The quantitative estimate of drug-likeness (QED) is 0.873. The maximum Gasteiger partial charge on any atom is 0.317 e. The third kappa shape index (κ3) is 2.88. The van der Waals surface area contributed by atoms with E-state index in [9.17, 15) is 9.18 Å². The molecule has 0 bridgehead atoms. The number of urea groups is 1. The molecule has 1 aliphatic carbocycles. The number of nitrogens with zero attached hydrogens (tertiary/aromatic N) is 1. The molecule has 1 aromatic carbocycles. The van der Waals surface area contributed by atoms with E-state index in [0.717, 1.165) is 6.42 Å². The molecule has 1 aliphatic heterocycles. The van der Waals surface area contributed by atoms with Gasteiger partial charge >= 0.3 is 6.03 Å². The molecule has 1 heterocycles. The number of benzene rings is 1. The molecule has 2 aliphatic rings. The molecule has 1 aromatic rings. The fourth-order valence-electron chi connectivity index (χ4n) is 2.72. The molecular formula is C15H19FN2O. The second-order valence-electron chi connectivity index (χ2n) is 5.47. The minimum Gasteiger partial charge on any atom is -0.335 e. The van der Waals surface area contributed by atoms with E-state index in [1.54, 1.807) is 4.90 Å². The number of hydrogen-bond donors (Lipinski definition) is 1. The van der Waals surface area contributed by atoms with Gasteiger partial charge in [-0.2, -0.15) is 0 Å². The Balaban J connectivity index is 1.49. The van der Waals surface area contributed by atoms with Crippen molar-refractivity contribution in [3.63, 3.8) is 0 Å². The minimum absolute atomic E-state index is 0.0321. The van der Waals surface area contributed by atoms with Crippen molar-refractivity contribution in [2.45, 2.75) is 37.4 Å². The molecular weight excluding hydrogens is 243 g/mol. The van der Waals surface area contributed by atoms with Gasteiger partial charge < -0.3 is 10.2 Å². The molecule has 2 fully saturated rings. The number of halogens is 1. The topological polar surface area (TPSA) is 32.3 Å². The third-order valence-electron chi connectivity index (χ3n) is 4.04. The van der Waals surface area contributed by atoms with E-state index >= 15 is 0 Å². The lowest BCUT2D eigenvalue weighted by Crippen LogP contribution is -2.45. The van der Waals surface area contributed by atoms with Gasteiger partial charge in [-0.05, 0) is 24.8 Å². The van der Waals surface area contributed by atoms with Gasteiger partial charge in [0.25, 0.3) is 0 Å². The van der Waals surface area contributed by atoms with Crippen LogP contribution in [0.5, 0.6) is 0 Å². The SMILES string of the molecule is O=C(N[C@@H]1C[C@H]1c1ccccc1)N1CCC(F)CC1. The highest BCUT2D eigenvalue weighted by atomic mass is 19.1. The zero-order valence-corrected chi connectivity index (χ0v) is 10.9. The second-order valence-corrected chi connectivity index (χ2v) is 5.47. The Morgan fingerprint density at radius 3 is 2.58 bits per heavy atom. The van der Waals surface area contributed by atoms with Crippen molar-refractivity contribution >= 4 is 6.03 Å². The highest BCUT2D eigenvalue weighted by Crippen LogP contribution is 2.40. The number of nitrogens with one attached hydrogen (secondary N) is 1. The Bertz CT molecular complexity index is 443. The Kier molecular flexibility index (Phi) is 3.40. The first-order valence-electron chi connectivity index (χ1n) is 6.98. The van der Waals surface area contributed by atoms with Gasteiger partial charge in [0.2, 0.25) is 0 Å². The molecule has 4 heteroatoms. The van der Waals surface area contributed by atoms with Crippen LogP contribution in [0.4, 0.5) is 9.18 Å². The van der Waals surface area contributed by atoms with E-state index in [2.05, 4.69) is 17.4 Å². The smallest absolute Gasteiger partial charge is 0.317 e. The van der Waals surface area contributed by atoms with Crippen LogP contribution in [0, 0.1) is 0 Å². The summed E-state index contributed by atoms with van der Waals surface area (Å²) in [5.74, 6) is 0.448. The largest absolute Gasteiger partial charge is 0.335 e. The zero-order valence-electron chi connectivity index (χ0n) is 10.9. The van der Waals surface area contributed by atoms with E-state index in [-0.39, 0.29) is 12.1 Å². The number of amides is 2. The molecule has 0 spiro atoms. The highest BCUT2D eigenvalue weighted by molar-refractivity contribution is 5.75. The average molecular weight is 262 g/mol. The van der Waals surface area contributed by atoms with Crippen molar-refractivity contribution in [2.75, 3.05) is 13.1 Å². The number of carbonyl (C=O) groups excluding carboxylic acids is 1. The van der Waals surface area contributed by atoms with Crippen molar-refractivity contribution < 1.29 is 9.18 Å². The lowest BCUT2D eigenvalue weighted by molar-refractivity contribution is 0.152. The summed E-state index contributed by atoms with van der Waals surface area (Å²) in [4.78, 5) is 13.8. The molecule has 102 valence electrons. The number of carbonyl (C=O) groups is 1. The predicted octanol–water partition coefficient (Wildman–Crippen LogP) is 2.69. The molecule has 3 nitrogen and oxygen atoms in total.